The molecule has 3 aromatic heterocycles. The number of rotatable bonds is 5. The van der Waals surface area contributed by atoms with E-state index in [-0.39, 0.29) is 17.6 Å². The molecule has 5 rings (SSSR count). The van der Waals surface area contributed by atoms with Gasteiger partial charge >= 0.3 is 0 Å². The summed E-state index contributed by atoms with van der Waals surface area (Å²) in [5.41, 5.74) is 5.34. The molecule has 0 fully saturated rings. The van der Waals surface area contributed by atoms with Crippen molar-refractivity contribution in [2.24, 2.45) is 14.1 Å². The van der Waals surface area contributed by atoms with Crippen molar-refractivity contribution in [2.75, 3.05) is 0 Å². The van der Waals surface area contributed by atoms with Crippen LogP contribution in [0.5, 0.6) is 0 Å². The van der Waals surface area contributed by atoms with E-state index in [0.717, 1.165) is 27.7 Å². The first kappa shape index (κ1) is 21.8. The van der Waals surface area contributed by atoms with Crippen molar-refractivity contribution >= 4 is 28.5 Å². The van der Waals surface area contributed by atoms with Crippen LogP contribution in [0.3, 0.4) is 0 Å². The van der Waals surface area contributed by atoms with Gasteiger partial charge in [-0.25, -0.2) is 15.0 Å². The van der Waals surface area contributed by atoms with E-state index in [1.165, 1.54) is 0 Å². The number of nitrogens with one attached hydrogen (secondary N) is 1. The van der Waals surface area contributed by atoms with Crippen molar-refractivity contribution in [2.45, 2.75) is 13.0 Å². The van der Waals surface area contributed by atoms with Gasteiger partial charge in [-0.1, -0.05) is 29.8 Å². The van der Waals surface area contributed by atoms with Crippen LogP contribution >= 0.6 is 11.6 Å². The molecule has 0 spiro atoms. The van der Waals surface area contributed by atoms with Crippen LogP contribution in [0.4, 0.5) is 0 Å². The summed E-state index contributed by atoms with van der Waals surface area (Å²) < 4.78 is 3.63. The molecule has 0 aliphatic heterocycles. The molecular weight excluding hydrogens is 450 g/mol. The second-order valence-corrected chi connectivity index (χ2v) is 8.61. The number of aryl methyl sites for hydroxylation is 2. The first-order valence-corrected chi connectivity index (χ1v) is 11.1. The van der Waals surface area contributed by atoms with Gasteiger partial charge in [0, 0.05) is 30.9 Å². The lowest BCUT2D eigenvalue weighted by Gasteiger charge is -2.15. The number of amides is 1. The molecule has 8 nitrogen and oxygen atoms in total. The quantitative estimate of drug-likeness (QED) is 0.405. The minimum absolute atomic E-state index is 0.234. The molecule has 0 saturated heterocycles. The van der Waals surface area contributed by atoms with Gasteiger partial charge < -0.3 is 9.88 Å². The fourth-order valence-electron chi connectivity index (χ4n) is 3.76. The molecular formula is C25H22ClN7O. The fraction of sp³-hybridized carbons (Fsp3) is 0.160. The van der Waals surface area contributed by atoms with Crippen LogP contribution < -0.4 is 5.32 Å². The van der Waals surface area contributed by atoms with Crippen LogP contribution in [0.2, 0.25) is 5.02 Å². The molecule has 1 amide bonds. The zero-order chi connectivity index (χ0) is 23.8. The third kappa shape index (κ3) is 4.27. The van der Waals surface area contributed by atoms with Crippen LogP contribution in [0.1, 0.15) is 29.0 Å². The van der Waals surface area contributed by atoms with Crippen molar-refractivity contribution in [1.82, 2.24) is 34.6 Å². The van der Waals surface area contributed by atoms with Gasteiger partial charge in [-0.3, -0.25) is 9.48 Å². The normalized spacial score (nSPS) is 12.1. The van der Waals surface area contributed by atoms with E-state index in [1.807, 2.05) is 62.1 Å². The molecule has 3 heterocycles. The van der Waals surface area contributed by atoms with E-state index < -0.39 is 0 Å². The average Bonchev–Trinajstić information content (AvgIpc) is 3.44. The highest BCUT2D eigenvalue weighted by Gasteiger charge is 2.18. The lowest BCUT2D eigenvalue weighted by molar-refractivity contribution is 0.0935. The lowest BCUT2D eigenvalue weighted by Crippen LogP contribution is -2.27. The minimum atomic E-state index is -0.291. The molecule has 0 aliphatic carbocycles. The monoisotopic (exact) mass is 471 g/mol. The SMILES string of the molecule is CC(NC(=O)c1cc(-c2ccc(Cl)cc2)nc(-c2cnn(C)c2)n1)c1ccc2ncn(C)c2c1. The first-order valence-electron chi connectivity index (χ1n) is 10.7. The summed E-state index contributed by atoms with van der Waals surface area (Å²) in [5, 5.41) is 7.90. The Balaban J connectivity index is 1.49. The minimum Gasteiger partial charge on any atom is -0.344 e. The lowest BCUT2D eigenvalue weighted by atomic mass is 10.1. The topological polar surface area (TPSA) is 90.5 Å². The number of carbonyl (C=O) groups is 1. The Labute approximate surface area is 201 Å². The molecule has 1 atom stereocenters. The maximum Gasteiger partial charge on any atom is 0.270 e. The maximum absolute atomic E-state index is 13.3. The molecule has 170 valence electrons. The second-order valence-electron chi connectivity index (χ2n) is 8.17. The first-order chi connectivity index (χ1) is 16.4. The molecule has 9 heteroatoms. The largest absolute Gasteiger partial charge is 0.344 e. The highest BCUT2D eigenvalue weighted by atomic mass is 35.5. The average molecular weight is 472 g/mol. The predicted molar refractivity (Wildman–Crippen MR) is 131 cm³/mol. The molecule has 34 heavy (non-hydrogen) atoms. The van der Waals surface area contributed by atoms with Crippen LogP contribution in [0.25, 0.3) is 33.7 Å². The summed E-state index contributed by atoms with van der Waals surface area (Å²) in [5.74, 6) is 0.134. The zero-order valence-corrected chi connectivity index (χ0v) is 19.7. The molecule has 5 aromatic rings. The molecule has 1 unspecified atom stereocenters. The van der Waals surface area contributed by atoms with Gasteiger partial charge in [0.05, 0.1) is 40.9 Å². The molecule has 0 aliphatic rings. The van der Waals surface area contributed by atoms with E-state index in [9.17, 15) is 4.79 Å². The fourth-order valence-corrected chi connectivity index (χ4v) is 3.89. The number of carbonyl (C=O) groups excluding carboxylic acids is 1. The Kier molecular flexibility index (Phi) is 5.59. The summed E-state index contributed by atoms with van der Waals surface area (Å²) in [6.45, 7) is 1.94. The number of halogens is 1. The Morgan fingerprint density at radius 3 is 2.56 bits per heavy atom. The standard InChI is InChI=1S/C25H22ClN7O/c1-15(17-6-9-20-23(10-17)32(2)14-27-20)29-25(34)22-11-21(16-4-7-19(26)8-5-16)30-24(31-22)18-12-28-33(3)13-18/h4-15H,1-3H3,(H,29,34). The Bertz CT molecular complexity index is 1500. The second kappa shape index (κ2) is 8.72. The van der Waals surface area contributed by atoms with Gasteiger partial charge in [-0.05, 0) is 42.8 Å². The molecule has 2 aromatic carbocycles. The summed E-state index contributed by atoms with van der Waals surface area (Å²) in [6, 6.07) is 14.7. The highest BCUT2D eigenvalue weighted by Crippen LogP contribution is 2.25. The van der Waals surface area contributed by atoms with Crippen LogP contribution in [-0.2, 0) is 14.1 Å². The third-order valence-electron chi connectivity index (χ3n) is 5.66. The molecule has 0 bridgehead atoms. The van der Waals surface area contributed by atoms with Gasteiger partial charge in [-0.15, -0.1) is 0 Å². The van der Waals surface area contributed by atoms with Gasteiger partial charge in [0.25, 0.3) is 5.91 Å². The summed E-state index contributed by atoms with van der Waals surface area (Å²) >= 11 is 6.05. The van der Waals surface area contributed by atoms with Crippen molar-refractivity contribution < 1.29 is 4.79 Å². The van der Waals surface area contributed by atoms with Gasteiger partial charge in [0.15, 0.2) is 5.82 Å². The van der Waals surface area contributed by atoms with Crippen molar-refractivity contribution in [1.29, 1.82) is 0 Å². The van der Waals surface area contributed by atoms with Crippen molar-refractivity contribution in [3.63, 3.8) is 0 Å². The smallest absolute Gasteiger partial charge is 0.270 e. The summed E-state index contributed by atoms with van der Waals surface area (Å²) in [7, 11) is 3.77. The summed E-state index contributed by atoms with van der Waals surface area (Å²) in [6.07, 6.45) is 5.26. The molecule has 0 radical (unpaired) electrons. The van der Waals surface area contributed by atoms with Gasteiger partial charge in [0.1, 0.15) is 5.69 Å². The molecule has 1 N–H and O–H groups in total. The number of benzene rings is 2. The van der Waals surface area contributed by atoms with Crippen LogP contribution in [0, 0.1) is 0 Å². The maximum atomic E-state index is 13.3. The Morgan fingerprint density at radius 2 is 1.82 bits per heavy atom. The third-order valence-corrected chi connectivity index (χ3v) is 5.91. The zero-order valence-electron chi connectivity index (χ0n) is 18.9. The van der Waals surface area contributed by atoms with Crippen molar-refractivity contribution in [3.8, 4) is 22.6 Å². The molecule has 0 saturated carbocycles. The Morgan fingerprint density at radius 1 is 1.03 bits per heavy atom. The Hall–Kier alpha value is -4.04. The van der Waals surface area contributed by atoms with E-state index >= 15 is 0 Å². The number of hydrogen-bond donors (Lipinski definition) is 1. The van der Waals surface area contributed by atoms with Gasteiger partial charge in [0.2, 0.25) is 0 Å². The number of hydrogen-bond acceptors (Lipinski definition) is 5. The van der Waals surface area contributed by atoms with E-state index in [0.29, 0.717) is 16.5 Å². The number of nitrogens with zero attached hydrogens (tertiary/aromatic N) is 6. The predicted octanol–water partition coefficient (Wildman–Crippen LogP) is 4.58. The highest BCUT2D eigenvalue weighted by molar-refractivity contribution is 6.30. The van der Waals surface area contributed by atoms with E-state index in [1.54, 1.807) is 35.4 Å². The van der Waals surface area contributed by atoms with Crippen LogP contribution in [0.15, 0.2) is 67.3 Å². The van der Waals surface area contributed by atoms with Crippen LogP contribution in [-0.4, -0.2) is 35.2 Å². The van der Waals surface area contributed by atoms with Gasteiger partial charge in [-0.2, -0.15) is 5.10 Å². The summed E-state index contributed by atoms with van der Waals surface area (Å²) in [4.78, 5) is 26.9. The number of imidazole rings is 1. The number of fused-ring (bicyclic) bond motifs is 1. The number of aromatic nitrogens is 6. The van der Waals surface area contributed by atoms with E-state index in [4.69, 9.17) is 11.6 Å². The van der Waals surface area contributed by atoms with Crippen molar-refractivity contribution in [3.05, 3.63) is 83.5 Å². The van der Waals surface area contributed by atoms with E-state index in [2.05, 4.69) is 25.4 Å².